The lowest BCUT2D eigenvalue weighted by Crippen LogP contribution is -2.16. The van der Waals surface area contributed by atoms with Gasteiger partial charge in [0.05, 0.1) is 25.3 Å². The van der Waals surface area contributed by atoms with Crippen LogP contribution in [-0.4, -0.2) is 24.1 Å². The fourth-order valence-electron chi connectivity index (χ4n) is 3.08. The zero-order valence-corrected chi connectivity index (χ0v) is 15.7. The van der Waals surface area contributed by atoms with E-state index in [1.165, 1.54) is 12.1 Å². The van der Waals surface area contributed by atoms with Crippen LogP contribution in [0.25, 0.3) is 10.9 Å². The Balaban J connectivity index is 1.85. The van der Waals surface area contributed by atoms with Gasteiger partial charge in [-0.05, 0) is 56.7 Å². The highest BCUT2D eigenvalue weighted by molar-refractivity contribution is 5.97. The molecule has 2 N–H and O–H groups in total. The SMILES string of the molecule is CCOc1ccc(OCC)c(NC(=O)Cc2c(C)[nH]c3ccc(F)cc23)c1. The molecule has 1 heterocycles. The maximum absolute atomic E-state index is 13.6. The zero-order chi connectivity index (χ0) is 19.4. The van der Waals surface area contributed by atoms with Crippen molar-refractivity contribution in [2.24, 2.45) is 0 Å². The van der Waals surface area contributed by atoms with Gasteiger partial charge in [0.15, 0.2) is 0 Å². The molecule has 0 radical (unpaired) electrons. The number of benzene rings is 2. The molecule has 0 aliphatic heterocycles. The van der Waals surface area contributed by atoms with Crippen LogP contribution < -0.4 is 14.8 Å². The minimum Gasteiger partial charge on any atom is -0.494 e. The zero-order valence-electron chi connectivity index (χ0n) is 15.7. The second-order valence-electron chi connectivity index (χ2n) is 6.17. The maximum atomic E-state index is 13.6. The molecule has 6 heteroatoms. The van der Waals surface area contributed by atoms with Crippen LogP contribution in [-0.2, 0) is 11.2 Å². The van der Waals surface area contributed by atoms with Gasteiger partial charge in [0.1, 0.15) is 17.3 Å². The van der Waals surface area contributed by atoms with E-state index in [0.717, 1.165) is 22.2 Å². The first-order valence-corrected chi connectivity index (χ1v) is 8.98. The smallest absolute Gasteiger partial charge is 0.228 e. The highest BCUT2D eigenvalue weighted by Gasteiger charge is 2.15. The summed E-state index contributed by atoms with van der Waals surface area (Å²) in [7, 11) is 0. The quantitative estimate of drug-likeness (QED) is 0.639. The second kappa shape index (κ2) is 8.12. The summed E-state index contributed by atoms with van der Waals surface area (Å²) >= 11 is 0. The number of nitrogens with one attached hydrogen (secondary N) is 2. The van der Waals surface area contributed by atoms with Crippen molar-refractivity contribution < 1.29 is 18.7 Å². The Morgan fingerprint density at radius 2 is 1.89 bits per heavy atom. The number of halogens is 1. The number of hydrogen-bond donors (Lipinski definition) is 2. The van der Waals surface area contributed by atoms with E-state index in [2.05, 4.69) is 10.3 Å². The van der Waals surface area contributed by atoms with Crippen LogP contribution in [0.3, 0.4) is 0 Å². The van der Waals surface area contributed by atoms with Crippen molar-refractivity contribution in [3.8, 4) is 11.5 Å². The van der Waals surface area contributed by atoms with Gasteiger partial charge in [0.25, 0.3) is 0 Å². The van der Waals surface area contributed by atoms with E-state index in [9.17, 15) is 9.18 Å². The predicted molar refractivity (Wildman–Crippen MR) is 104 cm³/mol. The number of aromatic amines is 1. The lowest BCUT2D eigenvalue weighted by Gasteiger charge is -2.13. The largest absolute Gasteiger partial charge is 0.494 e. The molecule has 2 aromatic carbocycles. The van der Waals surface area contributed by atoms with Crippen molar-refractivity contribution in [1.29, 1.82) is 0 Å². The van der Waals surface area contributed by atoms with E-state index in [0.29, 0.717) is 30.4 Å². The van der Waals surface area contributed by atoms with Crippen molar-refractivity contribution in [3.05, 3.63) is 53.5 Å². The normalized spacial score (nSPS) is 10.8. The number of fused-ring (bicyclic) bond motifs is 1. The Bertz CT molecular complexity index is 965. The molecular weight excluding hydrogens is 347 g/mol. The molecule has 0 fully saturated rings. The molecule has 0 atom stereocenters. The molecule has 0 bridgehead atoms. The minimum atomic E-state index is -0.328. The van der Waals surface area contributed by atoms with E-state index in [4.69, 9.17) is 9.47 Å². The number of hydrogen-bond acceptors (Lipinski definition) is 3. The Morgan fingerprint density at radius 3 is 2.63 bits per heavy atom. The lowest BCUT2D eigenvalue weighted by molar-refractivity contribution is -0.115. The summed E-state index contributed by atoms with van der Waals surface area (Å²) in [4.78, 5) is 15.9. The third-order valence-corrected chi connectivity index (χ3v) is 4.25. The monoisotopic (exact) mass is 370 g/mol. The van der Waals surface area contributed by atoms with Gasteiger partial charge in [-0.1, -0.05) is 0 Å². The average molecular weight is 370 g/mol. The first-order chi connectivity index (χ1) is 13.0. The Labute approximate surface area is 157 Å². The first kappa shape index (κ1) is 18.8. The molecule has 1 amide bonds. The van der Waals surface area contributed by atoms with Crippen LogP contribution in [0.2, 0.25) is 0 Å². The van der Waals surface area contributed by atoms with Crippen LogP contribution in [0.5, 0.6) is 11.5 Å². The molecule has 1 aromatic heterocycles. The van der Waals surface area contributed by atoms with Gasteiger partial charge < -0.3 is 19.8 Å². The van der Waals surface area contributed by atoms with Gasteiger partial charge >= 0.3 is 0 Å². The molecule has 0 unspecified atom stereocenters. The Morgan fingerprint density at radius 1 is 1.11 bits per heavy atom. The number of ether oxygens (including phenoxy) is 2. The third-order valence-electron chi connectivity index (χ3n) is 4.25. The molecule has 0 aliphatic rings. The van der Waals surface area contributed by atoms with Crippen molar-refractivity contribution in [1.82, 2.24) is 4.98 Å². The van der Waals surface area contributed by atoms with Crippen molar-refractivity contribution in [2.45, 2.75) is 27.2 Å². The van der Waals surface area contributed by atoms with Crippen LogP contribution in [0, 0.1) is 12.7 Å². The van der Waals surface area contributed by atoms with Crippen molar-refractivity contribution in [2.75, 3.05) is 18.5 Å². The van der Waals surface area contributed by atoms with E-state index in [1.807, 2.05) is 20.8 Å². The van der Waals surface area contributed by atoms with E-state index < -0.39 is 0 Å². The number of amides is 1. The highest BCUT2D eigenvalue weighted by atomic mass is 19.1. The molecule has 27 heavy (non-hydrogen) atoms. The first-order valence-electron chi connectivity index (χ1n) is 8.98. The van der Waals surface area contributed by atoms with Crippen LogP contribution in [0.4, 0.5) is 10.1 Å². The molecule has 0 spiro atoms. The number of H-pyrrole nitrogens is 1. The molecule has 0 saturated carbocycles. The van der Waals surface area contributed by atoms with Crippen LogP contribution >= 0.6 is 0 Å². The van der Waals surface area contributed by atoms with Crippen LogP contribution in [0.1, 0.15) is 25.1 Å². The summed E-state index contributed by atoms with van der Waals surface area (Å²) in [6, 6.07) is 9.84. The van der Waals surface area contributed by atoms with Gasteiger partial charge in [0.2, 0.25) is 5.91 Å². The Hall–Kier alpha value is -3.02. The summed E-state index contributed by atoms with van der Waals surface area (Å²) in [6.45, 7) is 6.67. The summed E-state index contributed by atoms with van der Waals surface area (Å²) in [6.07, 6.45) is 0.125. The average Bonchev–Trinajstić information content (AvgIpc) is 2.93. The summed E-state index contributed by atoms with van der Waals surface area (Å²) in [5.74, 6) is 0.696. The number of rotatable bonds is 7. The van der Waals surface area contributed by atoms with E-state index in [1.54, 1.807) is 24.3 Å². The fraction of sp³-hybridized carbons (Fsp3) is 0.286. The molecule has 0 aliphatic carbocycles. The number of carbonyl (C=O) groups is 1. The van der Waals surface area contributed by atoms with Gasteiger partial charge in [-0.15, -0.1) is 0 Å². The number of aryl methyl sites for hydroxylation is 1. The molecule has 0 saturated heterocycles. The molecule has 3 aromatic rings. The number of carbonyl (C=O) groups excluding carboxylic acids is 1. The van der Waals surface area contributed by atoms with Gasteiger partial charge in [-0.3, -0.25) is 4.79 Å². The highest BCUT2D eigenvalue weighted by Crippen LogP contribution is 2.30. The molecular formula is C21H23FN2O3. The third kappa shape index (κ3) is 4.22. The minimum absolute atomic E-state index is 0.125. The van der Waals surface area contributed by atoms with Crippen LogP contribution in [0.15, 0.2) is 36.4 Å². The standard InChI is InChI=1S/C21H23FN2O3/c1-4-26-15-7-9-20(27-5-2)19(11-15)24-21(25)12-16-13(3)23-18-8-6-14(22)10-17(16)18/h6-11,23H,4-5,12H2,1-3H3,(H,24,25). The van der Waals surface area contributed by atoms with Gasteiger partial charge in [-0.25, -0.2) is 4.39 Å². The fourth-order valence-corrected chi connectivity index (χ4v) is 3.08. The summed E-state index contributed by atoms with van der Waals surface area (Å²) in [5, 5.41) is 3.61. The lowest BCUT2D eigenvalue weighted by atomic mass is 10.1. The van der Waals surface area contributed by atoms with Crippen molar-refractivity contribution in [3.63, 3.8) is 0 Å². The molecule has 142 valence electrons. The topological polar surface area (TPSA) is 63.4 Å². The van der Waals surface area contributed by atoms with E-state index >= 15 is 0 Å². The number of anilines is 1. The van der Waals surface area contributed by atoms with Gasteiger partial charge in [-0.2, -0.15) is 0 Å². The predicted octanol–water partition coefficient (Wildman–Crippen LogP) is 4.59. The summed E-state index contributed by atoms with van der Waals surface area (Å²) < 4.78 is 24.7. The molecule has 5 nitrogen and oxygen atoms in total. The van der Waals surface area contributed by atoms with E-state index in [-0.39, 0.29) is 18.1 Å². The molecule has 3 rings (SSSR count). The Kier molecular flexibility index (Phi) is 5.64. The maximum Gasteiger partial charge on any atom is 0.228 e. The van der Waals surface area contributed by atoms with Crippen molar-refractivity contribution >= 4 is 22.5 Å². The summed E-state index contributed by atoms with van der Waals surface area (Å²) in [5.41, 5.74) is 2.99. The van der Waals surface area contributed by atoms with Gasteiger partial charge in [0, 0.05) is 22.7 Å². The number of aromatic nitrogens is 1. The second-order valence-corrected chi connectivity index (χ2v) is 6.17.